The first-order valence-electron chi connectivity index (χ1n) is 9.59. The van der Waals surface area contributed by atoms with Crippen molar-refractivity contribution in [1.82, 2.24) is 19.7 Å². The highest BCUT2D eigenvalue weighted by Gasteiger charge is 2.31. The molecule has 5 rings (SSSR count). The summed E-state index contributed by atoms with van der Waals surface area (Å²) in [4.78, 5) is 19.0. The Labute approximate surface area is 168 Å². The van der Waals surface area contributed by atoms with E-state index in [2.05, 4.69) is 44.9 Å². The van der Waals surface area contributed by atoms with E-state index in [0.717, 1.165) is 48.0 Å². The van der Waals surface area contributed by atoms with Crippen LogP contribution in [0.2, 0.25) is 0 Å². The highest BCUT2D eigenvalue weighted by Crippen LogP contribution is 2.41. The summed E-state index contributed by atoms with van der Waals surface area (Å²) in [5.41, 5.74) is 4.51. The Morgan fingerprint density at radius 2 is 2.14 bits per heavy atom. The van der Waals surface area contributed by atoms with Crippen molar-refractivity contribution in [1.29, 1.82) is 0 Å². The topological polar surface area (TPSA) is 63.9 Å². The van der Waals surface area contributed by atoms with E-state index in [-0.39, 0.29) is 5.91 Å². The molecule has 1 aromatic carbocycles. The smallest absolute Gasteiger partial charge is 0.237 e. The first-order chi connectivity index (χ1) is 13.7. The molecule has 0 saturated heterocycles. The van der Waals surface area contributed by atoms with Crippen molar-refractivity contribution in [3.63, 3.8) is 0 Å². The number of benzene rings is 1. The maximum Gasteiger partial charge on any atom is 0.237 e. The predicted octanol–water partition coefficient (Wildman–Crippen LogP) is 3.66. The van der Waals surface area contributed by atoms with Crippen LogP contribution >= 0.6 is 11.8 Å². The second-order valence-electron chi connectivity index (χ2n) is 7.37. The third-order valence-electron chi connectivity index (χ3n) is 5.25. The average molecular weight is 392 g/mol. The van der Waals surface area contributed by atoms with Gasteiger partial charge in [0.05, 0.1) is 5.75 Å². The van der Waals surface area contributed by atoms with Gasteiger partial charge in [-0.25, -0.2) is 0 Å². The zero-order chi connectivity index (χ0) is 19.1. The summed E-state index contributed by atoms with van der Waals surface area (Å²) >= 11 is 1.48. The Morgan fingerprint density at radius 3 is 2.93 bits per heavy atom. The largest absolute Gasteiger partial charge is 0.311 e. The van der Waals surface area contributed by atoms with Crippen LogP contribution in [0.15, 0.2) is 47.9 Å². The van der Waals surface area contributed by atoms with Crippen LogP contribution < -0.4 is 4.90 Å². The highest BCUT2D eigenvalue weighted by atomic mass is 32.2. The Morgan fingerprint density at radius 1 is 1.25 bits per heavy atom. The van der Waals surface area contributed by atoms with E-state index >= 15 is 0 Å². The van der Waals surface area contributed by atoms with E-state index in [1.165, 1.54) is 22.9 Å². The van der Waals surface area contributed by atoms with Crippen LogP contribution in [0, 0.1) is 6.92 Å². The van der Waals surface area contributed by atoms with Gasteiger partial charge >= 0.3 is 0 Å². The SMILES string of the molecule is Cc1ccc2c(c1)CCN2C(=O)CSc1nnc(-c2cccnc2)n1C1CC1. The lowest BCUT2D eigenvalue weighted by atomic mass is 10.1. The molecule has 0 radical (unpaired) electrons. The van der Waals surface area contributed by atoms with E-state index in [1.54, 1.807) is 6.20 Å². The van der Waals surface area contributed by atoms with Gasteiger partial charge in [0.25, 0.3) is 0 Å². The minimum Gasteiger partial charge on any atom is -0.311 e. The molecule has 1 amide bonds. The molecule has 142 valence electrons. The van der Waals surface area contributed by atoms with E-state index in [0.29, 0.717) is 11.8 Å². The van der Waals surface area contributed by atoms with Gasteiger partial charge in [0.2, 0.25) is 5.91 Å². The molecule has 6 nitrogen and oxygen atoms in total. The van der Waals surface area contributed by atoms with Gasteiger partial charge in [-0.05, 0) is 49.9 Å². The number of thioether (sulfide) groups is 1. The molecule has 0 atom stereocenters. The minimum absolute atomic E-state index is 0.126. The van der Waals surface area contributed by atoms with E-state index in [9.17, 15) is 4.79 Å². The minimum atomic E-state index is 0.126. The summed E-state index contributed by atoms with van der Waals surface area (Å²) in [7, 11) is 0. The molecule has 28 heavy (non-hydrogen) atoms. The summed E-state index contributed by atoms with van der Waals surface area (Å²) in [5, 5.41) is 9.60. The van der Waals surface area contributed by atoms with Crippen LogP contribution in [0.3, 0.4) is 0 Å². The molecule has 1 fully saturated rings. The quantitative estimate of drug-likeness (QED) is 0.621. The molecular formula is C21H21N5OS. The van der Waals surface area contributed by atoms with Gasteiger partial charge in [-0.15, -0.1) is 10.2 Å². The summed E-state index contributed by atoms with van der Waals surface area (Å²) in [6.45, 7) is 2.85. The van der Waals surface area contributed by atoms with Gasteiger partial charge in [-0.2, -0.15) is 0 Å². The third kappa shape index (κ3) is 3.20. The Balaban J connectivity index is 1.34. The van der Waals surface area contributed by atoms with Crippen molar-refractivity contribution in [3.05, 3.63) is 53.9 Å². The summed E-state index contributed by atoms with van der Waals surface area (Å²) < 4.78 is 2.18. The number of hydrogen-bond acceptors (Lipinski definition) is 5. The number of carbonyl (C=O) groups is 1. The number of pyridine rings is 1. The molecule has 1 saturated carbocycles. The molecule has 1 aliphatic carbocycles. The van der Waals surface area contributed by atoms with Gasteiger partial charge in [-0.3, -0.25) is 14.3 Å². The van der Waals surface area contributed by atoms with Crippen LogP contribution in [0.25, 0.3) is 11.4 Å². The van der Waals surface area contributed by atoms with Crippen molar-refractivity contribution in [2.75, 3.05) is 17.2 Å². The van der Waals surface area contributed by atoms with E-state index < -0.39 is 0 Å². The van der Waals surface area contributed by atoms with Crippen molar-refractivity contribution < 1.29 is 4.79 Å². The van der Waals surface area contributed by atoms with Crippen LogP contribution in [0.4, 0.5) is 5.69 Å². The van der Waals surface area contributed by atoms with Gasteiger partial charge in [0.1, 0.15) is 0 Å². The normalized spacial score (nSPS) is 15.7. The summed E-state index contributed by atoms with van der Waals surface area (Å²) in [5.74, 6) is 1.33. The monoisotopic (exact) mass is 391 g/mol. The zero-order valence-corrected chi connectivity index (χ0v) is 16.5. The van der Waals surface area contributed by atoms with Gasteiger partial charge in [0.15, 0.2) is 11.0 Å². The highest BCUT2D eigenvalue weighted by molar-refractivity contribution is 7.99. The maximum absolute atomic E-state index is 12.9. The number of rotatable bonds is 5. The molecule has 2 aliphatic rings. The first-order valence-corrected chi connectivity index (χ1v) is 10.6. The molecule has 2 aromatic heterocycles. The molecule has 0 spiro atoms. The van der Waals surface area contributed by atoms with Crippen LogP contribution in [-0.4, -0.2) is 38.0 Å². The van der Waals surface area contributed by atoms with Crippen molar-refractivity contribution in [3.8, 4) is 11.4 Å². The third-order valence-corrected chi connectivity index (χ3v) is 6.18. The number of anilines is 1. The summed E-state index contributed by atoms with van der Waals surface area (Å²) in [6, 6.07) is 10.6. The number of aromatic nitrogens is 4. The van der Waals surface area contributed by atoms with Gasteiger partial charge < -0.3 is 4.90 Å². The molecule has 0 unspecified atom stereocenters. The van der Waals surface area contributed by atoms with Crippen LogP contribution in [0.5, 0.6) is 0 Å². The van der Waals surface area contributed by atoms with Crippen LogP contribution in [0.1, 0.15) is 30.0 Å². The van der Waals surface area contributed by atoms with E-state index in [4.69, 9.17) is 0 Å². The number of amides is 1. The second kappa shape index (κ2) is 7.05. The number of aryl methyl sites for hydroxylation is 1. The lowest BCUT2D eigenvalue weighted by molar-refractivity contribution is -0.116. The zero-order valence-electron chi connectivity index (χ0n) is 15.7. The Kier molecular flexibility index (Phi) is 4.39. The standard InChI is InChI=1S/C21H21N5OS/c1-14-4-7-18-15(11-14)8-10-25(18)19(27)13-28-21-24-23-20(26(21)17-5-6-17)16-3-2-9-22-12-16/h2-4,7,9,11-12,17H,5-6,8,10,13H2,1H3. The number of nitrogens with zero attached hydrogens (tertiary/aromatic N) is 5. The fourth-order valence-corrected chi connectivity index (χ4v) is 4.60. The van der Waals surface area contributed by atoms with Crippen LogP contribution in [-0.2, 0) is 11.2 Å². The fourth-order valence-electron chi connectivity index (χ4n) is 3.72. The number of fused-ring (bicyclic) bond motifs is 1. The van der Waals surface area contributed by atoms with Crippen molar-refractivity contribution in [2.45, 2.75) is 37.4 Å². The molecule has 7 heteroatoms. The molecule has 3 heterocycles. The Bertz CT molecular complexity index is 1030. The lowest BCUT2D eigenvalue weighted by Crippen LogP contribution is -2.30. The molecule has 1 aliphatic heterocycles. The number of hydrogen-bond donors (Lipinski definition) is 0. The summed E-state index contributed by atoms with van der Waals surface area (Å²) in [6.07, 6.45) is 6.75. The maximum atomic E-state index is 12.9. The van der Waals surface area contributed by atoms with Crippen molar-refractivity contribution in [2.24, 2.45) is 0 Å². The lowest BCUT2D eigenvalue weighted by Gasteiger charge is -2.17. The van der Waals surface area contributed by atoms with Gasteiger partial charge in [0, 0.05) is 36.2 Å². The second-order valence-corrected chi connectivity index (χ2v) is 8.31. The fraction of sp³-hybridized carbons (Fsp3) is 0.333. The average Bonchev–Trinajstić information content (AvgIpc) is 3.33. The van der Waals surface area contributed by atoms with E-state index in [1.807, 2.05) is 23.2 Å². The molecule has 0 N–H and O–H groups in total. The molecular weight excluding hydrogens is 370 g/mol. The van der Waals surface area contributed by atoms with Crippen molar-refractivity contribution >= 4 is 23.4 Å². The first kappa shape index (κ1) is 17.4. The van der Waals surface area contributed by atoms with Gasteiger partial charge in [-0.1, -0.05) is 29.5 Å². The number of carbonyl (C=O) groups excluding carboxylic acids is 1. The molecule has 3 aromatic rings. The predicted molar refractivity (Wildman–Crippen MR) is 109 cm³/mol. The Hall–Kier alpha value is -2.67. The molecule has 0 bridgehead atoms.